The second-order valence-electron chi connectivity index (χ2n) is 9.18. The van der Waals surface area contributed by atoms with Gasteiger partial charge in [0, 0.05) is 7.05 Å². The van der Waals surface area contributed by atoms with Crippen molar-refractivity contribution in [1.29, 1.82) is 0 Å². The average Bonchev–Trinajstić information content (AvgIpc) is 2.65. The van der Waals surface area contributed by atoms with Gasteiger partial charge in [0.15, 0.2) is 6.29 Å². The average molecular weight is 390 g/mol. The van der Waals surface area contributed by atoms with Crippen molar-refractivity contribution >= 4 is 12.2 Å². The van der Waals surface area contributed by atoms with E-state index in [-0.39, 0.29) is 11.1 Å². The van der Waals surface area contributed by atoms with Crippen molar-refractivity contribution in [1.82, 2.24) is 10.0 Å². The second-order valence-corrected chi connectivity index (χ2v) is 9.18. The van der Waals surface area contributed by atoms with Gasteiger partial charge in [-0.25, -0.2) is 9.40 Å². The minimum atomic E-state index is -0.465. The zero-order chi connectivity index (χ0) is 20.4. The summed E-state index contributed by atoms with van der Waals surface area (Å²) < 4.78 is 21.9. The maximum atomic E-state index is 12.4. The van der Waals surface area contributed by atoms with Crippen molar-refractivity contribution in [2.45, 2.75) is 44.7 Å². The van der Waals surface area contributed by atoms with Gasteiger partial charge in [0.05, 0.1) is 18.8 Å². The van der Waals surface area contributed by atoms with Crippen molar-refractivity contribution < 1.29 is 18.4 Å². The number of benzene rings is 1. The van der Waals surface area contributed by atoms with Crippen molar-refractivity contribution in [3.8, 4) is 0 Å². The van der Waals surface area contributed by atoms with Gasteiger partial charge < -0.3 is 0 Å². The third kappa shape index (κ3) is 2.07. The maximum Gasteiger partial charge on any atom is 0.258 e. The van der Waals surface area contributed by atoms with Crippen LogP contribution in [0.5, 0.6) is 0 Å². The van der Waals surface area contributed by atoms with Crippen LogP contribution in [0.25, 0.3) is 0 Å². The number of aldehydes is 1. The Morgan fingerprint density at radius 1 is 1.07 bits per heavy atom. The lowest BCUT2D eigenvalue weighted by Gasteiger charge is -2.90. The molecule has 4 aliphatic carbocycles. The topological polar surface area (TPSA) is 40.6 Å². The molecule has 5 aliphatic rings. The van der Waals surface area contributed by atoms with E-state index in [4.69, 9.17) is 0 Å². The summed E-state index contributed by atoms with van der Waals surface area (Å²) in [7, 11) is 2.58. The monoisotopic (exact) mass is 390 g/mol. The van der Waals surface area contributed by atoms with Crippen LogP contribution < -0.4 is 0 Å². The fourth-order valence-electron chi connectivity index (χ4n) is 6.77. The number of hydrogen-bond acceptors (Lipinski definition) is 3. The Bertz CT molecular complexity index is 789. The van der Waals surface area contributed by atoms with Gasteiger partial charge in [-0.2, -0.15) is 0 Å². The molecule has 4 atom stereocenters. The number of carbonyl (C=O) groups is 2. The molecule has 5 fully saturated rings. The summed E-state index contributed by atoms with van der Waals surface area (Å²) in [6, 6.07) is 6.43. The number of halogens is 2. The lowest BCUT2D eigenvalue weighted by molar-refractivity contribution is -0.424. The van der Waals surface area contributed by atoms with E-state index < -0.39 is 5.82 Å². The molecule has 0 bridgehead atoms. The molecule has 0 N–H and O–H groups in total. The Balaban J connectivity index is 0.000000150. The molecule has 0 radical (unpaired) electrons. The molecule has 1 aromatic rings. The van der Waals surface area contributed by atoms with Crippen LogP contribution in [0, 0.1) is 34.9 Å². The van der Waals surface area contributed by atoms with Crippen LogP contribution in [0.2, 0.25) is 0 Å². The van der Waals surface area contributed by atoms with Crippen molar-refractivity contribution in [2.75, 3.05) is 14.2 Å². The van der Waals surface area contributed by atoms with E-state index in [1.54, 1.807) is 12.1 Å². The van der Waals surface area contributed by atoms with Crippen molar-refractivity contribution in [3.05, 3.63) is 35.6 Å². The summed E-state index contributed by atoms with van der Waals surface area (Å²) in [5.41, 5.74) is 0.623. The number of nitrogens with zero attached hydrogens (tertiary/aromatic N) is 2. The zero-order valence-electron chi connectivity index (χ0n) is 16.9. The first-order valence-corrected chi connectivity index (χ1v) is 10.00. The molecule has 152 valence electrons. The molecule has 0 aromatic heterocycles. The van der Waals surface area contributed by atoms with Gasteiger partial charge in [-0.15, -0.1) is 0 Å². The van der Waals surface area contributed by atoms with Crippen molar-refractivity contribution in [2.24, 2.45) is 29.1 Å². The van der Waals surface area contributed by atoms with E-state index in [0.29, 0.717) is 25.4 Å². The van der Waals surface area contributed by atoms with E-state index >= 15 is 0 Å². The van der Waals surface area contributed by atoms with Crippen LogP contribution in [0.1, 0.15) is 43.5 Å². The highest BCUT2D eigenvalue weighted by Gasteiger charge is 2.86. The standard InChI is InChI=1S/C14H20N2O.C7H5FO.CH3F/c1-13(2)12(17)16(15(13)3)11-9-5-7-4-8-6-10(11)14(7,8)9;8-7-4-2-1-3-6(7)5-9;1-2/h7-11H,4-6H2,1-3H3;1-5H;1H3. The number of alkyl halides is 1. The number of carbonyl (C=O) groups excluding carboxylic acids is 2. The number of rotatable bonds is 2. The van der Waals surface area contributed by atoms with Crippen LogP contribution in [-0.2, 0) is 4.79 Å². The van der Waals surface area contributed by atoms with Crippen LogP contribution in [0.3, 0.4) is 0 Å². The summed E-state index contributed by atoms with van der Waals surface area (Å²) in [5.74, 6) is 3.74. The second kappa shape index (κ2) is 6.34. The number of hydrazine groups is 1. The van der Waals surface area contributed by atoms with Gasteiger partial charge in [-0.1, -0.05) is 12.1 Å². The summed E-state index contributed by atoms with van der Waals surface area (Å²) in [6.45, 7) is 4.08. The SMILES string of the molecule is CF.CN1N(C2C3CC4CC5CC2C453)C(=O)C1(C)C.O=Cc1ccccc1F. The van der Waals surface area contributed by atoms with Gasteiger partial charge in [-0.05, 0) is 74.3 Å². The summed E-state index contributed by atoms with van der Waals surface area (Å²) in [6.07, 6.45) is 4.83. The first kappa shape index (κ1) is 19.5. The predicted molar refractivity (Wildman–Crippen MR) is 102 cm³/mol. The molecular formula is C22H28F2N2O2. The third-order valence-corrected chi connectivity index (χ3v) is 8.35. The number of likely N-dealkylation sites (N-methyl/N-ethyl adjacent to an activating group) is 1. The fourth-order valence-corrected chi connectivity index (χ4v) is 6.77. The molecule has 1 amide bonds. The van der Waals surface area contributed by atoms with Crippen LogP contribution in [0.15, 0.2) is 24.3 Å². The molecule has 28 heavy (non-hydrogen) atoms. The molecule has 1 saturated heterocycles. The fraction of sp³-hybridized carbons (Fsp3) is 0.636. The van der Waals surface area contributed by atoms with Gasteiger partial charge in [0.25, 0.3) is 5.91 Å². The lowest BCUT2D eigenvalue weighted by atomic mass is 9.17. The number of amides is 1. The number of hydrogen-bond donors (Lipinski definition) is 0. The van der Waals surface area contributed by atoms with E-state index in [1.807, 2.05) is 13.8 Å². The Morgan fingerprint density at radius 2 is 1.64 bits per heavy atom. The Kier molecular flexibility index (Phi) is 4.42. The molecule has 4 unspecified atom stereocenters. The Labute approximate surface area is 164 Å². The predicted octanol–water partition coefficient (Wildman–Crippen LogP) is 3.72. The van der Waals surface area contributed by atoms with Crippen molar-refractivity contribution in [3.63, 3.8) is 0 Å². The van der Waals surface area contributed by atoms with Crippen LogP contribution in [-0.4, -0.2) is 48.0 Å². The van der Waals surface area contributed by atoms with Crippen LogP contribution in [0.4, 0.5) is 8.78 Å². The first-order valence-electron chi connectivity index (χ1n) is 10.00. The smallest absolute Gasteiger partial charge is 0.258 e. The van der Waals surface area contributed by atoms with Crippen LogP contribution >= 0.6 is 0 Å². The maximum absolute atomic E-state index is 12.4. The summed E-state index contributed by atoms with van der Waals surface area (Å²) in [4.78, 5) is 22.2. The zero-order valence-corrected chi connectivity index (χ0v) is 16.9. The highest BCUT2D eigenvalue weighted by Crippen LogP contribution is 2.88. The minimum absolute atomic E-state index is 0.109. The molecule has 6 rings (SSSR count). The van der Waals surface area contributed by atoms with Gasteiger partial charge in [0.2, 0.25) is 0 Å². The third-order valence-electron chi connectivity index (χ3n) is 8.35. The summed E-state index contributed by atoms with van der Waals surface area (Å²) >= 11 is 0. The molecule has 1 aliphatic heterocycles. The highest BCUT2D eigenvalue weighted by atomic mass is 19.1. The molecule has 4 saturated carbocycles. The van der Waals surface area contributed by atoms with E-state index in [1.165, 1.54) is 31.4 Å². The Morgan fingerprint density at radius 3 is 2.07 bits per heavy atom. The van der Waals surface area contributed by atoms with E-state index in [0.717, 1.165) is 29.1 Å². The van der Waals surface area contributed by atoms with Gasteiger partial charge in [0.1, 0.15) is 11.4 Å². The molecule has 1 spiro atoms. The first-order chi connectivity index (χ1) is 13.3. The summed E-state index contributed by atoms with van der Waals surface area (Å²) in [5, 5.41) is 4.29. The molecular weight excluding hydrogens is 362 g/mol. The Hall–Kier alpha value is -1.82. The van der Waals surface area contributed by atoms with Gasteiger partial charge in [-0.3, -0.25) is 19.0 Å². The lowest BCUT2D eigenvalue weighted by Crippen LogP contribution is -2.92. The largest absolute Gasteiger partial charge is 0.298 e. The van der Waals surface area contributed by atoms with E-state index in [2.05, 4.69) is 17.1 Å². The molecule has 6 heteroatoms. The molecule has 1 heterocycles. The molecule has 1 aromatic carbocycles. The quantitative estimate of drug-likeness (QED) is 0.723. The van der Waals surface area contributed by atoms with Gasteiger partial charge >= 0.3 is 0 Å². The molecule has 4 nitrogen and oxygen atoms in total. The normalized spacial score (nSPS) is 40.1. The van der Waals surface area contributed by atoms with E-state index in [9.17, 15) is 18.4 Å². The highest BCUT2D eigenvalue weighted by molar-refractivity contribution is 5.90. The minimum Gasteiger partial charge on any atom is -0.298 e.